The lowest BCUT2D eigenvalue weighted by molar-refractivity contribution is -0.384. The van der Waals surface area contributed by atoms with Crippen LogP contribution < -0.4 is 5.32 Å². The zero-order chi connectivity index (χ0) is 15.6. The molecule has 0 bridgehead atoms. The number of amides is 1. The largest absolute Gasteiger partial charge is 0.321 e. The molecule has 0 fully saturated rings. The maximum Gasteiger partial charge on any atom is 0.271 e. The molecule has 1 amide bonds. The van der Waals surface area contributed by atoms with Crippen molar-refractivity contribution < 1.29 is 14.1 Å². The van der Waals surface area contributed by atoms with Crippen molar-refractivity contribution in [1.82, 2.24) is 0 Å². The van der Waals surface area contributed by atoms with Crippen molar-refractivity contribution in [2.75, 3.05) is 5.32 Å². The van der Waals surface area contributed by atoms with Crippen LogP contribution >= 0.6 is 27.5 Å². The van der Waals surface area contributed by atoms with E-state index in [1.54, 1.807) is 0 Å². The quantitative estimate of drug-likeness (QED) is 0.640. The van der Waals surface area contributed by atoms with E-state index in [1.807, 2.05) is 0 Å². The number of benzene rings is 2. The zero-order valence-corrected chi connectivity index (χ0v) is 12.6. The van der Waals surface area contributed by atoms with Gasteiger partial charge in [-0.05, 0) is 34.1 Å². The summed E-state index contributed by atoms with van der Waals surface area (Å²) in [5, 5.41) is 13.1. The van der Waals surface area contributed by atoms with Crippen molar-refractivity contribution in [3.8, 4) is 0 Å². The minimum atomic E-state index is -0.792. The molecule has 0 radical (unpaired) electrons. The topological polar surface area (TPSA) is 72.2 Å². The first-order chi connectivity index (χ1) is 9.90. The van der Waals surface area contributed by atoms with Crippen LogP contribution in [0.25, 0.3) is 0 Å². The molecule has 0 aromatic heterocycles. The summed E-state index contributed by atoms with van der Waals surface area (Å²) in [7, 11) is 0. The first-order valence-corrected chi connectivity index (χ1v) is 6.76. The normalized spacial score (nSPS) is 10.2. The number of hydrogen-bond acceptors (Lipinski definition) is 3. The van der Waals surface area contributed by atoms with E-state index in [9.17, 15) is 19.3 Å². The minimum Gasteiger partial charge on any atom is -0.321 e. The Hall–Kier alpha value is -1.99. The SMILES string of the molecule is O=C(Nc1cc([N+](=O)[O-])ccc1Br)c1c(F)cccc1Cl. The van der Waals surface area contributed by atoms with Gasteiger partial charge in [0.1, 0.15) is 5.82 Å². The summed E-state index contributed by atoms with van der Waals surface area (Å²) in [4.78, 5) is 22.2. The average molecular weight is 374 g/mol. The van der Waals surface area contributed by atoms with Crippen LogP contribution in [0.1, 0.15) is 10.4 Å². The van der Waals surface area contributed by atoms with Crippen molar-refractivity contribution in [2.24, 2.45) is 0 Å². The van der Waals surface area contributed by atoms with Crippen LogP contribution in [-0.2, 0) is 0 Å². The Labute approximate surface area is 132 Å². The maximum absolute atomic E-state index is 13.6. The second kappa shape index (κ2) is 6.19. The fourth-order valence-electron chi connectivity index (χ4n) is 1.62. The van der Waals surface area contributed by atoms with Crippen molar-refractivity contribution in [3.05, 3.63) is 67.4 Å². The van der Waals surface area contributed by atoms with Gasteiger partial charge in [-0.15, -0.1) is 0 Å². The summed E-state index contributed by atoms with van der Waals surface area (Å²) in [6.45, 7) is 0. The van der Waals surface area contributed by atoms with E-state index >= 15 is 0 Å². The summed E-state index contributed by atoms with van der Waals surface area (Å²) in [6, 6.07) is 7.70. The van der Waals surface area contributed by atoms with Gasteiger partial charge in [-0.25, -0.2) is 4.39 Å². The monoisotopic (exact) mass is 372 g/mol. The van der Waals surface area contributed by atoms with Crippen molar-refractivity contribution in [1.29, 1.82) is 0 Å². The standard InChI is InChI=1S/C13H7BrClFN2O3/c14-8-5-4-7(18(20)21)6-11(8)17-13(19)12-9(15)2-1-3-10(12)16/h1-6H,(H,17,19). The van der Waals surface area contributed by atoms with E-state index in [4.69, 9.17) is 11.6 Å². The lowest BCUT2D eigenvalue weighted by atomic mass is 10.2. The molecule has 2 aromatic carbocycles. The van der Waals surface area contributed by atoms with Crippen molar-refractivity contribution >= 4 is 44.8 Å². The highest BCUT2D eigenvalue weighted by Crippen LogP contribution is 2.28. The molecular formula is C13H7BrClFN2O3. The number of rotatable bonds is 3. The third-order valence-electron chi connectivity index (χ3n) is 2.60. The number of nitrogens with zero attached hydrogens (tertiary/aromatic N) is 1. The van der Waals surface area contributed by atoms with Gasteiger partial charge >= 0.3 is 0 Å². The Morgan fingerprint density at radius 1 is 1.33 bits per heavy atom. The van der Waals surface area contributed by atoms with Gasteiger partial charge in [0.05, 0.1) is 21.2 Å². The molecule has 2 rings (SSSR count). The lowest BCUT2D eigenvalue weighted by Crippen LogP contribution is -2.15. The van der Waals surface area contributed by atoms with Gasteiger partial charge < -0.3 is 5.32 Å². The molecule has 21 heavy (non-hydrogen) atoms. The van der Waals surface area contributed by atoms with E-state index in [0.29, 0.717) is 4.47 Å². The summed E-state index contributed by atoms with van der Waals surface area (Å²) < 4.78 is 14.1. The predicted octanol–water partition coefficient (Wildman–Crippen LogP) is 4.40. The highest BCUT2D eigenvalue weighted by molar-refractivity contribution is 9.10. The maximum atomic E-state index is 13.6. The average Bonchev–Trinajstić information content (AvgIpc) is 2.40. The van der Waals surface area contributed by atoms with Crippen LogP contribution in [-0.4, -0.2) is 10.8 Å². The number of carbonyl (C=O) groups excluding carboxylic acids is 1. The number of nitro benzene ring substituents is 1. The van der Waals surface area contributed by atoms with Gasteiger partial charge in [0.15, 0.2) is 0 Å². The number of nitrogens with one attached hydrogen (secondary N) is 1. The first-order valence-electron chi connectivity index (χ1n) is 5.59. The van der Waals surface area contributed by atoms with E-state index in [1.165, 1.54) is 24.3 Å². The van der Waals surface area contributed by atoms with Crippen LogP contribution in [0.4, 0.5) is 15.8 Å². The van der Waals surface area contributed by atoms with Crippen LogP contribution in [0, 0.1) is 15.9 Å². The molecule has 5 nitrogen and oxygen atoms in total. The van der Waals surface area contributed by atoms with Crippen LogP contribution in [0.5, 0.6) is 0 Å². The molecule has 0 spiro atoms. The van der Waals surface area contributed by atoms with Crippen molar-refractivity contribution in [2.45, 2.75) is 0 Å². The van der Waals surface area contributed by atoms with Gasteiger partial charge in [0.25, 0.3) is 11.6 Å². The second-order valence-electron chi connectivity index (χ2n) is 3.97. The Balaban J connectivity index is 2.36. The molecule has 2 aromatic rings. The van der Waals surface area contributed by atoms with Gasteiger partial charge in [-0.2, -0.15) is 0 Å². The Morgan fingerprint density at radius 3 is 2.67 bits per heavy atom. The Morgan fingerprint density at radius 2 is 2.05 bits per heavy atom. The smallest absolute Gasteiger partial charge is 0.271 e. The fraction of sp³-hybridized carbons (Fsp3) is 0. The number of halogens is 3. The van der Waals surface area contributed by atoms with Gasteiger partial charge in [-0.3, -0.25) is 14.9 Å². The summed E-state index contributed by atoms with van der Waals surface area (Å²) in [5.41, 5.74) is -0.376. The van der Waals surface area contributed by atoms with E-state index < -0.39 is 16.6 Å². The fourth-order valence-corrected chi connectivity index (χ4v) is 2.22. The zero-order valence-electron chi connectivity index (χ0n) is 10.3. The molecule has 8 heteroatoms. The highest BCUT2D eigenvalue weighted by Gasteiger charge is 2.18. The molecule has 0 saturated carbocycles. The highest BCUT2D eigenvalue weighted by atomic mass is 79.9. The molecule has 0 saturated heterocycles. The molecule has 0 heterocycles. The predicted molar refractivity (Wildman–Crippen MR) is 80.2 cm³/mol. The van der Waals surface area contributed by atoms with Crippen LogP contribution in [0.2, 0.25) is 5.02 Å². The molecule has 108 valence electrons. The summed E-state index contributed by atoms with van der Waals surface area (Å²) >= 11 is 8.94. The molecule has 0 atom stereocenters. The molecular weight excluding hydrogens is 367 g/mol. The van der Waals surface area contributed by atoms with E-state index in [2.05, 4.69) is 21.2 Å². The number of nitro groups is 1. The van der Waals surface area contributed by atoms with Gasteiger partial charge in [-0.1, -0.05) is 17.7 Å². The molecule has 0 unspecified atom stereocenters. The molecule has 0 aliphatic heterocycles. The molecule has 0 aliphatic rings. The van der Waals surface area contributed by atoms with Gasteiger partial charge in [0.2, 0.25) is 0 Å². The Kier molecular flexibility index (Phi) is 4.54. The number of carbonyl (C=O) groups is 1. The van der Waals surface area contributed by atoms with Crippen LogP contribution in [0.15, 0.2) is 40.9 Å². The van der Waals surface area contributed by atoms with E-state index in [-0.39, 0.29) is 22.0 Å². The second-order valence-corrected chi connectivity index (χ2v) is 5.23. The third-order valence-corrected chi connectivity index (χ3v) is 3.61. The number of hydrogen-bond donors (Lipinski definition) is 1. The molecule has 0 aliphatic carbocycles. The first kappa shape index (κ1) is 15.4. The molecule has 1 N–H and O–H groups in total. The lowest BCUT2D eigenvalue weighted by Gasteiger charge is -2.09. The minimum absolute atomic E-state index is 0.0472. The third kappa shape index (κ3) is 3.37. The van der Waals surface area contributed by atoms with Crippen LogP contribution in [0.3, 0.4) is 0 Å². The summed E-state index contributed by atoms with van der Waals surface area (Å²) in [5.74, 6) is -1.57. The number of anilines is 1. The number of non-ortho nitro benzene ring substituents is 1. The van der Waals surface area contributed by atoms with Crippen molar-refractivity contribution in [3.63, 3.8) is 0 Å². The van der Waals surface area contributed by atoms with Gasteiger partial charge in [0, 0.05) is 16.6 Å². The summed E-state index contributed by atoms with van der Waals surface area (Å²) in [6.07, 6.45) is 0. The van der Waals surface area contributed by atoms with E-state index in [0.717, 1.165) is 12.1 Å². The Bertz CT molecular complexity index is 719.